The van der Waals surface area contributed by atoms with Crippen molar-refractivity contribution in [2.45, 2.75) is 48.6 Å². The van der Waals surface area contributed by atoms with Gasteiger partial charge in [0, 0.05) is 55.0 Å². The molecule has 0 spiro atoms. The number of hydrogen-bond donors (Lipinski definition) is 1. The van der Waals surface area contributed by atoms with Crippen molar-refractivity contribution in [1.29, 1.82) is 0 Å². The second-order valence-corrected chi connectivity index (χ2v) is 16.7. The fourth-order valence-corrected chi connectivity index (χ4v) is 9.55. The number of sulfonamides is 1. The molecule has 9 rings (SSSR count). The average molecular weight is 851 g/mol. The van der Waals surface area contributed by atoms with Crippen LogP contribution in [0.3, 0.4) is 0 Å². The van der Waals surface area contributed by atoms with E-state index in [0.29, 0.717) is 21.9 Å². The van der Waals surface area contributed by atoms with Gasteiger partial charge >= 0.3 is 0 Å². The van der Waals surface area contributed by atoms with Crippen molar-refractivity contribution in [2.75, 3.05) is 26.3 Å². The van der Waals surface area contributed by atoms with E-state index in [-0.39, 0.29) is 71.2 Å². The molecule has 0 radical (unpaired) electrons. The molecule has 1 amide bonds. The number of fused-ring (bicyclic) bond motifs is 4. The maximum Gasteiger partial charge on any atom is 0.293 e. The molecule has 310 valence electrons. The van der Waals surface area contributed by atoms with Crippen molar-refractivity contribution < 1.29 is 44.3 Å². The van der Waals surface area contributed by atoms with Crippen molar-refractivity contribution >= 4 is 26.8 Å². The van der Waals surface area contributed by atoms with Gasteiger partial charge in [0.1, 0.15) is 41.7 Å². The van der Waals surface area contributed by atoms with Crippen LogP contribution in [0.2, 0.25) is 0 Å². The monoisotopic (exact) mass is 850 g/mol. The standard InChI is InChI=1S/C40H32F6N8O5S/c41-24-11-21(12-25(42)15-24)13-32(49-33(55)19-53-36-34(35(51-53)37(43)44)29-16-30(29)40(36,45)46)38-50-31-14-22(23-17-47-20-48-18-23)1-6-28(31)39(56)54(38)26-2-4-27(5-3-26)60(57,58)52-7-9-59-10-8-52/h1-6,11-12,14-15,17-18,20,29-30,32,37H,7-10,13,16,19H2,(H,49,55)/t29?,30?,32-/m0/s1. The molecule has 1 aliphatic heterocycles. The Hall–Kier alpha value is -5.99. The van der Waals surface area contributed by atoms with Crippen molar-refractivity contribution in [3.8, 4) is 16.8 Å². The summed E-state index contributed by atoms with van der Waals surface area (Å²) in [4.78, 5) is 41.4. The number of hydrogen-bond acceptors (Lipinski definition) is 9. The number of alkyl halides is 4. The number of halogens is 6. The van der Waals surface area contributed by atoms with Gasteiger partial charge < -0.3 is 10.1 Å². The van der Waals surface area contributed by atoms with Gasteiger partial charge in [0.05, 0.1) is 40.7 Å². The third-order valence-electron chi connectivity index (χ3n) is 11.0. The van der Waals surface area contributed by atoms with E-state index in [1.807, 2.05) is 0 Å². The molecule has 2 aliphatic carbocycles. The molecule has 2 fully saturated rings. The highest BCUT2D eigenvalue weighted by Crippen LogP contribution is 2.68. The number of nitrogens with one attached hydrogen (secondary N) is 1. The quantitative estimate of drug-likeness (QED) is 0.165. The summed E-state index contributed by atoms with van der Waals surface area (Å²) < 4.78 is 123. The van der Waals surface area contributed by atoms with Crippen LogP contribution in [-0.2, 0) is 38.4 Å². The highest BCUT2D eigenvalue weighted by molar-refractivity contribution is 7.89. The Kier molecular flexibility index (Phi) is 9.82. The first-order valence-corrected chi connectivity index (χ1v) is 20.2. The fraction of sp³-hybridized carbons (Fsp3) is 0.300. The fourth-order valence-electron chi connectivity index (χ4n) is 8.14. The Labute approximate surface area is 336 Å². The summed E-state index contributed by atoms with van der Waals surface area (Å²) in [5.41, 5.74) is -1.28. The third-order valence-corrected chi connectivity index (χ3v) is 12.9. The summed E-state index contributed by atoms with van der Waals surface area (Å²) in [6.45, 7) is -0.280. The molecular formula is C40H32F6N8O5S. The molecule has 1 N–H and O–H groups in total. The molecule has 3 aromatic carbocycles. The average Bonchev–Trinajstić information content (AvgIpc) is 3.89. The number of ether oxygens (including phenoxy) is 1. The third kappa shape index (κ3) is 7.00. The van der Waals surface area contributed by atoms with Crippen LogP contribution in [-0.4, -0.2) is 74.2 Å². The molecule has 6 aromatic rings. The highest BCUT2D eigenvalue weighted by atomic mass is 32.2. The molecule has 13 nitrogen and oxygen atoms in total. The van der Waals surface area contributed by atoms with E-state index in [0.717, 1.165) is 16.7 Å². The van der Waals surface area contributed by atoms with E-state index in [9.17, 15) is 35.6 Å². The van der Waals surface area contributed by atoms with E-state index in [4.69, 9.17) is 9.72 Å². The first-order valence-electron chi connectivity index (χ1n) is 18.7. The molecule has 3 atom stereocenters. The normalized spacial score (nSPS) is 19.0. The number of carbonyl (C=O) groups excluding carboxylic acids is 1. The molecule has 0 bridgehead atoms. The van der Waals surface area contributed by atoms with Crippen molar-refractivity contribution in [2.24, 2.45) is 5.92 Å². The summed E-state index contributed by atoms with van der Waals surface area (Å²) in [6.07, 6.45) is 0.788. The minimum absolute atomic E-state index is 0.00702. The van der Waals surface area contributed by atoms with Gasteiger partial charge in [0.25, 0.3) is 17.9 Å². The zero-order valence-corrected chi connectivity index (χ0v) is 31.9. The summed E-state index contributed by atoms with van der Waals surface area (Å²) >= 11 is 0. The van der Waals surface area contributed by atoms with Gasteiger partial charge in [-0.05, 0) is 72.0 Å². The van der Waals surface area contributed by atoms with Gasteiger partial charge in [-0.25, -0.2) is 40.9 Å². The molecule has 2 unspecified atom stereocenters. The van der Waals surface area contributed by atoms with Gasteiger partial charge in [0.15, 0.2) is 0 Å². The number of benzene rings is 3. The molecule has 4 heterocycles. The van der Waals surface area contributed by atoms with Gasteiger partial charge in [-0.3, -0.25) is 18.8 Å². The molecule has 20 heteroatoms. The molecule has 3 aliphatic rings. The maximum atomic E-state index is 15.4. The summed E-state index contributed by atoms with van der Waals surface area (Å²) in [6, 6.07) is 11.2. The van der Waals surface area contributed by atoms with E-state index < -0.39 is 87.7 Å². The number of rotatable bonds is 11. The number of carbonyl (C=O) groups is 1. The highest BCUT2D eigenvalue weighted by Gasteiger charge is 2.67. The van der Waals surface area contributed by atoms with E-state index in [2.05, 4.69) is 20.4 Å². The Balaban J connectivity index is 1.17. The topological polar surface area (TPSA) is 154 Å². The van der Waals surface area contributed by atoms with Crippen LogP contribution in [0.25, 0.3) is 27.7 Å². The zero-order valence-electron chi connectivity index (χ0n) is 31.1. The second kappa shape index (κ2) is 14.9. The van der Waals surface area contributed by atoms with Gasteiger partial charge in [-0.1, -0.05) is 6.07 Å². The van der Waals surface area contributed by atoms with Crippen LogP contribution in [0.5, 0.6) is 0 Å². The molecular weight excluding hydrogens is 819 g/mol. The first-order chi connectivity index (χ1) is 28.7. The van der Waals surface area contributed by atoms with Crippen LogP contribution in [0.15, 0.2) is 89.1 Å². The predicted octanol–water partition coefficient (Wildman–Crippen LogP) is 5.59. The predicted molar refractivity (Wildman–Crippen MR) is 201 cm³/mol. The summed E-state index contributed by atoms with van der Waals surface area (Å²) in [7, 11) is -3.97. The van der Waals surface area contributed by atoms with E-state index >= 15 is 8.78 Å². The van der Waals surface area contributed by atoms with Crippen LogP contribution in [0.4, 0.5) is 26.3 Å². The van der Waals surface area contributed by atoms with Crippen molar-refractivity contribution in [1.82, 2.24) is 38.9 Å². The molecule has 60 heavy (non-hydrogen) atoms. The number of nitrogens with zero attached hydrogens (tertiary/aromatic N) is 7. The zero-order chi connectivity index (χ0) is 42.1. The lowest BCUT2D eigenvalue weighted by atomic mass is 10.0. The minimum Gasteiger partial charge on any atom is -0.379 e. The number of aromatic nitrogens is 6. The molecule has 1 saturated carbocycles. The van der Waals surface area contributed by atoms with Crippen LogP contribution in [0.1, 0.15) is 53.1 Å². The van der Waals surface area contributed by atoms with Crippen LogP contribution < -0.4 is 10.9 Å². The second-order valence-electron chi connectivity index (χ2n) is 14.8. The Morgan fingerprint density at radius 1 is 0.950 bits per heavy atom. The molecule has 1 saturated heterocycles. The lowest BCUT2D eigenvalue weighted by molar-refractivity contribution is -0.123. The number of amides is 1. The van der Waals surface area contributed by atoms with E-state index in [1.165, 1.54) is 53.4 Å². The number of morpholine rings is 1. The van der Waals surface area contributed by atoms with E-state index in [1.54, 1.807) is 12.1 Å². The smallest absolute Gasteiger partial charge is 0.293 e. The lowest BCUT2D eigenvalue weighted by Crippen LogP contribution is -2.40. The Morgan fingerprint density at radius 3 is 2.33 bits per heavy atom. The summed E-state index contributed by atoms with van der Waals surface area (Å²) in [5, 5.41) is 6.46. The SMILES string of the molecule is O=C(Cn1nc(C(F)F)c2c1C(F)(F)C1CC21)N[C@@H](Cc1cc(F)cc(F)c1)c1nc2cc(-c3cncnc3)ccc2c(=O)n1-c1ccc(S(=O)(=O)N2CCOCC2)cc1. The minimum atomic E-state index is -3.97. The first kappa shape index (κ1) is 39.5. The van der Waals surface area contributed by atoms with Crippen LogP contribution >= 0.6 is 0 Å². The van der Waals surface area contributed by atoms with Gasteiger partial charge in [-0.15, -0.1) is 0 Å². The van der Waals surface area contributed by atoms with Gasteiger partial charge in [-0.2, -0.15) is 18.2 Å². The Morgan fingerprint density at radius 2 is 1.65 bits per heavy atom. The summed E-state index contributed by atoms with van der Waals surface area (Å²) in [5.74, 6) is -8.68. The van der Waals surface area contributed by atoms with Crippen LogP contribution in [0, 0.1) is 17.6 Å². The molecule has 3 aromatic heterocycles. The largest absolute Gasteiger partial charge is 0.379 e. The van der Waals surface area contributed by atoms with Crippen molar-refractivity contribution in [3.05, 3.63) is 130 Å². The van der Waals surface area contributed by atoms with Crippen molar-refractivity contribution in [3.63, 3.8) is 0 Å². The maximum absolute atomic E-state index is 15.4. The lowest BCUT2D eigenvalue weighted by Gasteiger charge is -2.26. The van der Waals surface area contributed by atoms with Gasteiger partial charge in [0.2, 0.25) is 15.9 Å². The Bertz CT molecular complexity index is 2820.